The molecular formula is C16H28N2O6S. The van der Waals surface area contributed by atoms with Gasteiger partial charge in [-0.25, -0.2) is 14.7 Å². The summed E-state index contributed by atoms with van der Waals surface area (Å²) in [5.74, 6) is -0.298. The van der Waals surface area contributed by atoms with E-state index in [2.05, 4.69) is 10.1 Å². The van der Waals surface area contributed by atoms with Crippen molar-refractivity contribution in [1.29, 1.82) is 0 Å². The van der Waals surface area contributed by atoms with Gasteiger partial charge in [0.2, 0.25) is 0 Å². The number of rotatable bonds is 9. The number of carbonyl (C=O) groups excluding carboxylic acids is 3. The molecule has 0 saturated carbocycles. The smallest absolute Gasteiger partial charge is 0.408 e. The summed E-state index contributed by atoms with van der Waals surface area (Å²) >= 11 is 1.55. The third-order valence-electron chi connectivity index (χ3n) is 2.79. The highest BCUT2D eigenvalue weighted by atomic mass is 32.2. The molecule has 0 unspecified atom stereocenters. The van der Waals surface area contributed by atoms with Crippen LogP contribution in [0.4, 0.5) is 4.79 Å². The minimum Gasteiger partial charge on any atom is -0.466 e. The zero-order chi connectivity index (χ0) is 19.5. The number of ether oxygens (including phenoxy) is 2. The van der Waals surface area contributed by atoms with Crippen LogP contribution in [0, 0.1) is 0 Å². The molecule has 0 aromatic rings. The molecule has 25 heavy (non-hydrogen) atoms. The summed E-state index contributed by atoms with van der Waals surface area (Å²) in [7, 11) is 2.60. The SMILES string of the molecule is COC(=O)/C=C/CN(OC)C(=O)[C@H](CCSC)NC(=O)OC(C)(C)C. The van der Waals surface area contributed by atoms with Gasteiger partial charge >= 0.3 is 12.1 Å². The van der Waals surface area contributed by atoms with Crippen LogP contribution < -0.4 is 5.32 Å². The lowest BCUT2D eigenvalue weighted by Gasteiger charge is -2.26. The molecule has 0 spiro atoms. The van der Waals surface area contributed by atoms with Crippen molar-refractivity contribution in [2.24, 2.45) is 0 Å². The zero-order valence-electron chi connectivity index (χ0n) is 15.7. The highest BCUT2D eigenvalue weighted by Gasteiger charge is 2.27. The summed E-state index contributed by atoms with van der Waals surface area (Å²) in [5, 5.41) is 3.63. The predicted molar refractivity (Wildman–Crippen MR) is 96.0 cm³/mol. The Bertz CT molecular complexity index is 476. The molecule has 1 atom stereocenters. The van der Waals surface area contributed by atoms with E-state index >= 15 is 0 Å². The van der Waals surface area contributed by atoms with Crippen LogP contribution in [0.3, 0.4) is 0 Å². The summed E-state index contributed by atoms with van der Waals surface area (Å²) in [6, 6.07) is -0.797. The van der Waals surface area contributed by atoms with Crippen LogP contribution in [0.25, 0.3) is 0 Å². The molecule has 0 saturated heterocycles. The number of thioether (sulfide) groups is 1. The number of alkyl carbamates (subject to hydrolysis) is 1. The first kappa shape index (κ1) is 23.3. The van der Waals surface area contributed by atoms with Gasteiger partial charge in [0.05, 0.1) is 20.8 Å². The minimum absolute atomic E-state index is 0.0379. The van der Waals surface area contributed by atoms with Crippen molar-refractivity contribution in [1.82, 2.24) is 10.4 Å². The van der Waals surface area contributed by atoms with Crippen molar-refractivity contribution >= 4 is 29.7 Å². The molecule has 9 heteroatoms. The molecule has 0 aromatic carbocycles. The van der Waals surface area contributed by atoms with E-state index < -0.39 is 29.6 Å². The molecule has 144 valence electrons. The van der Waals surface area contributed by atoms with Gasteiger partial charge in [0, 0.05) is 6.08 Å². The number of nitrogens with one attached hydrogen (secondary N) is 1. The molecular weight excluding hydrogens is 348 g/mol. The highest BCUT2D eigenvalue weighted by molar-refractivity contribution is 7.98. The Morgan fingerprint density at radius 1 is 1.24 bits per heavy atom. The summed E-state index contributed by atoms with van der Waals surface area (Å²) < 4.78 is 9.67. The summed E-state index contributed by atoms with van der Waals surface area (Å²) in [6.45, 7) is 5.26. The second kappa shape index (κ2) is 11.8. The van der Waals surface area contributed by atoms with Gasteiger partial charge in [-0.1, -0.05) is 6.08 Å². The Balaban J connectivity index is 4.95. The van der Waals surface area contributed by atoms with E-state index in [-0.39, 0.29) is 6.54 Å². The number of hydrogen-bond acceptors (Lipinski definition) is 7. The third kappa shape index (κ3) is 10.7. The number of methoxy groups -OCH3 is 1. The van der Waals surface area contributed by atoms with E-state index in [0.29, 0.717) is 12.2 Å². The number of hydroxylamine groups is 2. The molecule has 2 amide bonds. The van der Waals surface area contributed by atoms with E-state index in [9.17, 15) is 14.4 Å². The molecule has 0 rings (SSSR count). The number of esters is 1. The Labute approximate surface area is 153 Å². The van der Waals surface area contributed by atoms with Gasteiger partial charge in [0.25, 0.3) is 5.91 Å². The van der Waals surface area contributed by atoms with Crippen molar-refractivity contribution in [2.75, 3.05) is 32.8 Å². The molecule has 0 heterocycles. The molecule has 0 fully saturated rings. The third-order valence-corrected chi connectivity index (χ3v) is 3.44. The van der Waals surface area contributed by atoms with E-state index in [1.54, 1.807) is 32.5 Å². The average Bonchev–Trinajstić information content (AvgIpc) is 2.52. The molecule has 0 aliphatic heterocycles. The van der Waals surface area contributed by atoms with Gasteiger partial charge in [-0.05, 0) is 39.2 Å². The molecule has 0 aliphatic carbocycles. The lowest BCUT2D eigenvalue weighted by molar-refractivity contribution is -0.175. The average molecular weight is 376 g/mol. The highest BCUT2D eigenvalue weighted by Crippen LogP contribution is 2.10. The van der Waals surface area contributed by atoms with Crippen LogP contribution >= 0.6 is 11.8 Å². The van der Waals surface area contributed by atoms with Gasteiger partial charge in [0.1, 0.15) is 11.6 Å². The maximum absolute atomic E-state index is 12.6. The van der Waals surface area contributed by atoms with Gasteiger partial charge in [-0.2, -0.15) is 11.8 Å². The maximum atomic E-state index is 12.6. The van der Waals surface area contributed by atoms with Crippen LogP contribution in [0.2, 0.25) is 0 Å². The van der Waals surface area contributed by atoms with Crippen LogP contribution in [0.1, 0.15) is 27.2 Å². The minimum atomic E-state index is -0.797. The predicted octanol–water partition coefficient (Wildman–Crippen LogP) is 1.75. The summed E-state index contributed by atoms with van der Waals surface area (Å²) in [5.41, 5.74) is -0.665. The van der Waals surface area contributed by atoms with Crippen LogP contribution in [-0.2, 0) is 23.9 Å². The fourth-order valence-corrected chi connectivity index (χ4v) is 2.16. The number of hydrogen-bond donors (Lipinski definition) is 1. The molecule has 0 bridgehead atoms. The van der Waals surface area contributed by atoms with E-state index in [1.165, 1.54) is 26.4 Å². The second-order valence-corrected chi connectivity index (χ2v) is 6.97. The van der Waals surface area contributed by atoms with Crippen molar-refractivity contribution < 1.29 is 28.7 Å². The van der Waals surface area contributed by atoms with E-state index in [1.807, 2.05) is 6.26 Å². The molecule has 0 aromatic heterocycles. The van der Waals surface area contributed by atoms with E-state index in [0.717, 1.165) is 5.06 Å². The summed E-state index contributed by atoms with van der Waals surface area (Å²) in [6.07, 6.45) is 4.28. The number of amides is 2. The molecule has 8 nitrogen and oxygen atoms in total. The molecule has 0 radical (unpaired) electrons. The first-order valence-corrected chi connectivity index (χ1v) is 9.12. The standard InChI is InChI=1S/C16H28N2O6S/c1-16(2,3)24-15(21)17-12(9-11-25-6)14(20)18(23-5)10-7-8-13(19)22-4/h7-8,12H,9-11H2,1-6H3,(H,17,21)/b8-7+/t12-/m0/s1. The molecule has 0 aliphatic rings. The monoisotopic (exact) mass is 376 g/mol. The lowest BCUT2D eigenvalue weighted by atomic mass is 10.2. The normalized spacial score (nSPS) is 12.6. The van der Waals surface area contributed by atoms with Crippen molar-refractivity contribution in [3.8, 4) is 0 Å². The van der Waals surface area contributed by atoms with Crippen molar-refractivity contribution in [3.05, 3.63) is 12.2 Å². The largest absolute Gasteiger partial charge is 0.466 e. The first-order chi connectivity index (χ1) is 11.6. The summed E-state index contributed by atoms with van der Waals surface area (Å²) in [4.78, 5) is 40.7. The Morgan fingerprint density at radius 3 is 2.36 bits per heavy atom. The second-order valence-electron chi connectivity index (χ2n) is 5.99. The van der Waals surface area contributed by atoms with Crippen LogP contribution in [0.5, 0.6) is 0 Å². The Morgan fingerprint density at radius 2 is 1.88 bits per heavy atom. The number of nitrogens with zero attached hydrogens (tertiary/aromatic N) is 1. The Kier molecular flexibility index (Phi) is 10.9. The quantitative estimate of drug-likeness (QED) is 0.372. The molecule has 1 N–H and O–H groups in total. The topological polar surface area (TPSA) is 94.2 Å². The van der Waals surface area contributed by atoms with E-state index in [4.69, 9.17) is 9.57 Å². The van der Waals surface area contributed by atoms with Gasteiger partial charge < -0.3 is 14.8 Å². The van der Waals surface area contributed by atoms with Crippen molar-refractivity contribution in [3.63, 3.8) is 0 Å². The maximum Gasteiger partial charge on any atom is 0.408 e. The number of carbonyl (C=O) groups is 3. The zero-order valence-corrected chi connectivity index (χ0v) is 16.5. The first-order valence-electron chi connectivity index (χ1n) is 7.73. The van der Waals surface area contributed by atoms with Crippen LogP contribution in [-0.4, -0.2) is 67.4 Å². The van der Waals surface area contributed by atoms with Gasteiger partial charge in [-0.15, -0.1) is 0 Å². The van der Waals surface area contributed by atoms with Gasteiger partial charge in [0.15, 0.2) is 0 Å². The fourth-order valence-electron chi connectivity index (χ4n) is 1.68. The van der Waals surface area contributed by atoms with Crippen molar-refractivity contribution in [2.45, 2.75) is 38.8 Å². The fraction of sp³-hybridized carbons (Fsp3) is 0.688. The Hall–Kier alpha value is -1.74. The lowest BCUT2D eigenvalue weighted by Crippen LogP contribution is -2.49. The van der Waals surface area contributed by atoms with Crippen LogP contribution in [0.15, 0.2) is 12.2 Å². The van der Waals surface area contributed by atoms with Gasteiger partial charge in [-0.3, -0.25) is 9.63 Å².